The van der Waals surface area contributed by atoms with Crippen LogP contribution >= 0.6 is 0 Å². The Morgan fingerprint density at radius 3 is 2.81 bits per heavy atom. The normalized spacial score (nSPS) is 11.3. The van der Waals surface area contributed by atoms with E-state index in [1.54, 1.807) is 0 Å². The van der Waals surface area contributed by atoms with Crippen molar-refractivity contribution in [2.75, 3.05) is 6.61 Å². The van der Waals surface area contributed by atoms with E-state index in [0.29, 0.717) is 12.4 Å². The zero-order chi connectivity index (χ0) is 15.9. The van der Waals surface area contributed by atoms with Gasteiger partial charge in [0.25, 0.3) is 0 Å². The van der Waals surface area contributed by atoms with Gasteiger partial charge in [0.15, 0.2) is 0 Å². The van der Waals surface area contributed by atoms with E-state index in [2.05, 4.69) is 6.07 Å². The van der Waals surface area contributed by atoms with E-state index in [4.69, 9.17) is 15.1 Å². The quantitative estimate of drug-likeness (QED) is 0.611. The molecule has 0 fully saturated rings. The smallest absolute Gasteiger partial charge is 0.328 e. The lowest BCUT2D eigenvalue weighted by molar-refractivity contribution is -0.131. The van der Waals surface area contributed by atoms with Crippen LogP contribution in [0.15, 0.2) is 24.3 Å². The van der Waals surface area contributed by atoms with Crippen molar-refractivity contribution in [1.29, 1.82) is 5.26 Å². The van der Waals surface area contributed by atoms with E-state index in [1.807, 2.05) is 39.0 Å². The Bertz CT molecular complexity index is 568. The minimum absolute atomic E-state index is 0.346. The lowest BCUT2D eigenvalue weighted by Crippen LogP contribution is -2.10. The molecular formula is C17H21NO3. The number of nitriles is 1. The molecule has 21 heavy (non-hydrogen) atoms. The van der Waals surface area contributed by atoms with Gasteiger partial charge in [-0.2, -0.15) is 5.26 Å². The Hall–Kier alpha value is -2.28. The highest BCUT2D eigenvalue weighted by Gasteiger charge is 2.16. The molecule has 0 aliphatic heterocycles. The van der Waals surface area contributed by atoms with Gasteiger partial charge < -0.3 is 9.84 Å². The largest absolute Gasteiger partial charge is 0.493 e. The van der Waals surface area contributed by atoms with Gasteiger partial charge in [-0.05, 0) is 45.3 Å². The van der Waals surface area contributed by atoms with Crippen LogP contribution in [0.1, 0.15) is 37.8 Å². The monoisotopic (exact) mass is 287 g/mol. The van der Waals surface area contributed by atoms with Crippen molar-refractivity contribution in [3.63, 3.8) is 0 Å². The fourth-order valence-electron chi connectivity index (χ4n) is 1.91. The summed E-state index contributed by atoms with van der Waals surface area (Å²) in [5.74, 6) is -0.289. The predicted molar refractivity (Wildman–Crippen MR) is 82.0 cm³/mol. The molecule has 112 valence electrons. The summed E-state index contributed by atoms with van der Waals surface area (Å²) in [4.78, 5) is 10.6. The Labute approximate surface area is 125 Å². The number of ether oxygens (including phenoxy) is 1. The fourth-order valence-corrected chi connectivity index (χ4v) is 1.91. The molecule has 0 saturated heterocycles. The third kappa shape index (κ3) is 5.70. The average Bonchev–Trinajstić information content (AvgIpc) is 2.43. The number of benzene rings is 1. The first-order valence-corrected chi connectivity index (χ1v) is 6.90. The predicted octanol–water partition coefficient (Wildman–Crippen LogP) is 3.80. The maximum absolute atomic E-state index is 10.6. The average molecular weight is 287 g/mol. The van der Waals surface area contributed by atoms with Gasteiger partial charge in [0.1, 0.15) is 5.75 Å². The van der Waals surface area contributed by atoms with Gasteiger partial charge in [0.2, 0.25) is 0 Å². The number of rotatable bonds is 7. The van der Waals surface area contributed by atoms with E-state index >= 15 is 0 Å². The summed E-state index contributed by atoms with van der Waals surface area (Å²) < 4.78 is 5.79. The highest BCUT2D eigenvalue weighted by molar-refractivity contribution is 5.86. The highest BCUT2D eigenvalue weighted by Crippen LogP contribution is 2.26. The molecular weight excluding hydrogens is 266 g/mol. The van der Waals surface area contributed by atoms with Crippen molar-refractivity contribution < 1.29 is 14.6 Å². The van der Waals surface area contributed by atoms with Crippen LogP contribution in [0.5, 0.6) is 5.75 Å². The molecule has 0 heterocycles. The standard InChI is InChI=1S/C17H21NO3/c1-13-6-4-7-14(8-9-15(19)20)16(13)21-11-5-10-17(2,3)12-18/h4,6-9H,5,10-11H2,1-3H3,(H,19,20)/b9-8+. The number of carbonyl (C=O) groups is 1. The Morgan fingerprint density at radius 1 is 1.48 bits per heavy atom. The molecule has 0 unspecified atom stereocenters. The number of nitrogens with zero attached hydrogens (tertiary/aromatic N) is 1. The van der Waals surface area contributed by atoms with Crippen LogP contribution in [0.4, 0.5) is 0 Å². The molecule has 0 aliphatic rings. The molecule has 0 bridgehead atoms. The second-order valence-electron chi connectivity index (χ2n) is 5.61. The summed E-state index contributed by atoms with van der Waals surface area (Å²) in [5.41, 5.74) is 1.36. The van der Waals surface area contributed by atoms with Crippen LogP contribution in [-0.2, 0) is 4.79 Å². The second-order valence-corrected chi connectivity index (χ2v) is 5.61. The van der Waals surface area contributed by atoms with Crippen LogP contribution < -0.4 is 4.74 Å². The highest BCUT2D eigenvalue weighted by atomic mass is 16.5. The Morgan fingerprint density at radius 2 is 2.19 bits per heavy atom. The first-order chi connectivity index (χ1) is 9.85. The van der Waals surface area contributed by atoms with Crippen LogP contribution in [0.25, 0.3) is 6.08 Å². The molecule has 1 N–H and O–H groups in total. The van der Waals surface area contributed by atoms with Gasteiger partial charge in [0.05, 0.1) is 18.1 Å². The van der Waals surface area contributed by atoms with E-state index in [0.717, 1.165) is 30.0 Å². The SMILES string of the molecule is Cc1cccc(/C=C/C(=O)O)c1OCCCC(C)(C)C#N. The third-order valence-electron chi connectivity index (χ3n) is 3.14. The minimum atomic E-state index is -0.988. The van der Waals surface area contributed by atoms with E-state index in [9.17, 15) is 4.79 Å². The molecule has 0 spiro atoms. The number of hydrogen-bond donors (Lipinski definition) is 1. The van der Waals surface area contributed by atoms with Gasteiger partial charge in [-0.25, -0.2) is 4.79 Å². The minimum Gasteiger partial charge on any atom is -0.493 e. The molecule has 1 rings (SSSR count). The molecule has 0 aliphatic carbocycles. The molecule has 0 aromatic heterocycles. The summed E-state index contributed by atoms with van der Waals surface area (Å²) in [7, 11) is 0. The molecule has 0 atom stereocenters. The first kappa shape index (κ1) is 16.8. The number of aliphatic carboxylic acids is 1. The van der Waals surface area contributed by atoms with Crippen molar-refractivity contribution in [2.24, 2.45) is 5.41 Å². The maximum atomic E-state index is 10.6. The summed E-state index contributed by atoms with van der Waals surface area (Å²) in [5, 5.41) is 17.7. The fraction of sp³-hybridized carbons (Fsp3) is 0.412. The molecule has 0 saturated carbocycles. The van der Waals surface area contributed by atoms with Crippen molar-refractivity contribution >= 4 is 12.0 Å². The number of aryl methyl sites for hydroxylation is 1. The van der Waals surface area contributed by atoms with Gasteiger partial charge in [0, 0.05) is 11.6 Å². The third-order valence-corrected chi connectivity index (χ3v) is 3.14. The van der Waals surface area contributed by atoms with Gasteiger partial charge in [-0.3, -0.25) is 0 Å². The first-order valence-electron chi connectivity index (χ1n) is 6.90. The summed E-state index contributed by atoms with van der Waals surface area (Å²) in [6.45, 7) is 6.24. The topological polar surface area (TPSA) is 70.3 Å². The van der Waals surface area contributed by atoms with E-state index in [-0.39, 0.29) is 5.41 Å². The Balaban J connectivity index is 2.70. The lowest BCUT2D eigenvalue weighted by atomic mass is 9.90. The number of carboxylic acid groups (broad SMARTS) is 1. The van der Waals surface area contributed by atoms with E-state index in [1.165, 1.54) is 6.08 Å². The second kappa shape index (κ2) is 7.49. The van der Waals surface area contributed by atoms with Gasteiger partial charge in [-0.1, -0.05) is 18.2 Å². The molecule has 1 aromatic carbocycles. The molecule has 4 nitrogen and oxygen atoms in total. The number of carboxylic acids is 1. The summed E-state index contributed by atoms with van der Waals surface area (Å²) in [6.07, 6.45) is 4.16. The van der Waals surface area contributed by atoms with Gasteiger partial charge in [-0.15, -0.1) is 0 Å². The number of hydrogen-bond acceptors (Lipinski definition) is 3. The van der Waals surface area contributed by atoms with Crippen LogP contribution in [0, 0.1) is 23.7 Å². The molecule has 0 radical (unpaired) electrons. The molecule has 1 aromatic rings. The maximum Gasteiger partial charge on any atom is 0.328 e. The summed E-state index contributed by atoms with van der Waals surface area (Å²) in [6, 6.07) is 7.87. The van der Waals surface area contributed by atoms with Crippen molar-refractivity contribution in [2.45, 2.75) is 33.6 Å². The number of para-hydroxylation sites is 1. The molecule has 0 amide bonds. The van der Waals surface area contributed by atoms with Crippen LogP contribution in [-0.4, -0.2) is 17.7 Å². The van der Waals surface area contributed by atoms with Crippen molar-refractivity contribution in [1.82, 2.24) is 0 Å². The lowest BCUT2D eigenvalue weighted by Gasteiger charge is -2.16. The van der Waals surface area contributed by atoms with E-state index < -0.39 is 5.97 Å². The van der Waals surface area contributed by atoms with Crippen molar-refractivity contribution in [3.05, 3.63) is 35.4 Å². The van der Waals surface area contributed by atoms with Crippen LogP contribution in [0.2, 0.25) is 0 Å². The van der Waals surface area contributed by atoms with Crippen LogP contribution in [0.3, 0.4) is 0 Å². The summed E-state index contributed by atoms with van der Waals surface area (Å²) >= 11 is 0. The zero-order valence-corrected chi connectivity index (χ0v) is 12.7. The van der Waals surface area contributed by atoms with Crippen molar-refractivity contribution in [3.8, 4) is 11.8 Å². The zero-order valence-electron chi connectivity index (χ0n) is 12.7. The Kier molecular flexibility index (Phi) is 5.98. The molecule has 4 heteroatoms. The van der Waals surface area contributed by atoms with Gasteiger partial charge >= 0.3 is 5.97 Å².